The first-order chi connectivity index (χ1) is 7.10. The second kappa shape index (κ2) is 9.21. The van der Waals surface area contributed by atoms with Crippen molar-refractivity contribution >= 4 is 0 Å². The van der Waals surface area contributed by atoms with Gasteiger partial charge in [-0.05, 0) is 37.6 Å². The maximum Gasteiger partial charge on any atom is 0.00694 e. The molecule has 1 nitrogen and oxygen atoms in total. The van der Waals surface area contributed by atoms with Crippen molar-refractivity contribution in [1.82, 2.24) is 5.32 Å². The lowest BCUT2D eigenvalue weighted by Gasteiger charge is -2.21. The Balaban J connectivity index is 3.73. The molecule has 0 radical (unpaired) electrons. The molecule has 2 unspecified atom stereocenters. The van der Waals surface area contributed by atoms with Gasteiger partial charge in [-0.15, -0.1) is 0 Å². The maximum atomic E-state index is 3.61. The standard InChI is InChI=1S/C14H31N/c1-6-8-13(5)9-10-14(15-7-2)11-12(3)4/h12-15H,6-11H2,1-5H3. The van der Waals surface area contributed by atoms with E-state index in [1.165, 1.54) is 32.1 Å². The number of hydrogen-bond acceptors (Lipinski definition) is 1. The van der Waals surface area contributed by atoms with Gasteiger partial charge >= 0.3 is 0 Å². The van der Waals surface area contributed by atoms with E-state index in [9.17, 15) is 0 Å². The van der Waals surface area contributed by atoms with Crippen molar-refractivity contribution < 1.29 is 0 Å². The lowest BCUT2D eigenvalue weighted by atomic mass is 9.93. The van der Waals surface area contributed by atoms with Crippen LogP contribution in [0, 0.1) is 11.8 Å². The third-order valence-corrected chi connectivity index (χ3v) is 3.04. The molecule has 2 atom stereocenters. The summed E-state index contributed by atoms with van der Waals surface area (Å²) in [6, 6.07) is 0.745. The first kappa shape index (κ1) is 15.0. The second-order valence-corrected chi connectivity index (χ2v) is 5.36. The summed E-state index contributed by atoms with van der Waals surface area (Å²) < 4.78 is 0. The van der Waals surface area contributed by atoms with Crippen molar-refractivity contribution in [3.05, 3.63) is 0 Å². The van der Waals surface area contributed by atoms with Crippen molar-refractivity contribution in [2.45, 2.75) is 72.8 Å². The van der Waals surface area contributed by atoms with Crippen LogP contribution >= 0.6 is 0 Å². The average Bonchev–Trinajstić information content (AvgIpc) is 2.14. The molecule has 92 valence electrons. The molecule has 0 aromatic carbocycles. The molecule has 0 spiro atoms. The minimum atomic E-state index is 0.745. The van der Waals surface area contributed by atoms with E-state index >= 15 is 0 Å². The fourth-order valence-electron chi connectivity index (χ4n) is 2.28. The summed E-state index contributed by atoms with van der Waals surface area (Å²) in [6.45, 7) is 12.6. The summed E-state index contributed by atoms with van der Waals surface area (Å²) in [5, 5.41) is 3.61. The van der Waals surface area contributed by atoms with Crippen LogP contribution in [0.25, 0.3) is 0 Å². The zero-order chi connectivity index (χ0) is 11.7. The van der Waals surface area contributed by atoms with Gasteiger partial charge in [0.1, 0.15) is 0 Å². The van der Waals surface area contributed by atoms with Crippen LogP contribution < -0.4 is 5.32 Å². The predicted octanol–water partition coefficient (Wildman–Crippen LogP) is 4.23. The molecule has 0 rings (SSSR count). The van der Waals surface area contributed by atoms with Gasteiger partial charge in [-0.3, -0.25) is 0 Å². The number of hydrogen-bond donors (Lipinski definition) is 1. The van der Waals surface area contributed by atoms with Gasteiger partial charge in [0.25, 0.3) is 0 Å². The predicted molar refractivity (Wildman–Crippen MR) is 70.2 cm³/mol. The molecule has 15 heavy (non-hydrogen) atoms. The molecular weight excluding hydrogens is 182 g/mol. The Morgan fingerprint density at radius 2 is 1.60 bits per heavy atom. The molecule has 0 aromatic heterocycles. The largest absolute Gasteiger partial charge is 0.314 e. The Morgan fingerprint density at radius 3 is 2.07 bits per heavy atom. The van der Waals surface area contributed by atoms with Crippen LogP contribution in [-0.4, -0.2) is 12.6 Å². The third kappa shape index (κ3) is 8.92. The van der Waals surface area contributed by atoms with Crippen LogP contribution in [-0.2, 0) is 0 Å². The summed E-state index contributed by atoms with van der Waals surface area (Å²) >= 11 is 0. The highest BCUT2D eigenvalue weighted by Crippen LogP contribution is 2.17. The highest BCUT2D eigenvalue weighted by molar-refractivity contribution is 4.69. The smallest absolute Gasteiger partial charge is 0.00694 e. The summed E-state index contributed by atoms with van der Waals surface area (Å²) in [4.78, 5) is 0. The van der Waals surface area contributed by atoms with Crippen molar-refractivity contribution in [2.24, 2.45) is 11.8 Å². The summed E-state index contributed by atoms with van der Waals surface area (Å²) in [5.74, 6) is 1.72. The average molecular weight is 213 g/mol. The van der Waals surface area contributed by atoms with E-state index < -0.39 is 0 Å². The summed E-state index contributed by atoms with van der Waals surface area (Å²) in [7, 11) is 0. The van der Waals surface area contributed by atoms with Gasteiger partial charge in [-0.1, -0.05) is 47.5 Å². The number of rotatable bonds is 9. The molecule has 1 heteroatoms. The monoisotopic (exact) mass is 213 g/mol. The topological polar surface area (TPSA) is 12.0 Å². The Bertz CT molecular complexity index is 131. The summed E-state index contributed by atoms with van der Waals surface area (Å²) in [5.41, 5.74) is 0. The molecule has 0 heterocycles. The molecule has 0 bridgehead atoms. The maximum absolute atomic E-state index is 3.61. The Labute approximate surface area is 97.0 Å². The highest BCUT2D eigenvalue weighted by Gasteiger charge is 2.11. The molecule has 0 saturated heterocycles. The molecule has 0 aliphatic heterocycles. The van der Waals surface area contributed by atoms with E-state index in [0.29, 0.717) is 0 Å². The Morgan fingerprint density at radius 1 is 0.933 bits per heavy atom. The lowest BCUT2D eigenvalue weighted by molar-refractivity contribution is 0.361. The minimum absolute atomic E-state index is 0.745. The van der Waals surface area contributed by atoms with Gasteiger partial charge in [0.15, 0.2) is 0 Å². The van der Waals surface area contributed by atoms with E-state index in [0.717, 1.165) is 24.4 Å². The Kier molecular flexibility index (Phi) is 9.18. The second-order valence-electron chi connectivity index (χ2n) is 5.36. The first-order valence-electron chi connectivity index (χ1n) is 6.83. The zero-order valence-electron chi connectivity index (χ0n) is 11.5. The van der Waals surface area contributed by atoms with Crippen LogP contribution in [0.2, 0.25) is 0 Å². The van der Waals surface area contributed by atoms with Crippen LogP contribution in [0.1, 0.15) is 66.7 Å². The van der Waals surface area contributed by atoms with Crippen LogP contribution in [0.3, 0.4) is 0 Å². The number of nitrogens with one attached hydrogen (secondary N) is 1. The van der Waals surface area contributed by atoms with Gasteiger partial charge in [0, 0.05) is 6.04 Å². The van der Waals surface area contributed by atoms with Crippen LogP contribution in [0.4, 0.5) is 0 Å². The molecule has 0 fully saturated rings. The van der Waals surface area contributed by atoms with Gasteiger partial charge in [-0.25, -0.2) is 0 Å². The molecule has 0 aliphatic rings. The molecule has 0 aliphatic carbocycles. The van der Waals surface area contributed by atoms with Crippen LogP contribution in [0.15, 0.2) is 0 Å². The zero-order valence-corrected chi connectivity index (χ0v) is 11.5. The van der Waals surface area contributed by atoms with Crippen LogP contribution in [0.5, 0.6) is 0 Å². The van der Waals surface area contributed by atoms with E-state index in [2.05, 4.69) is 39.9 Å². The van der Waals surface area contributed by atoms with E-state index in [1.807, 2.05) is 0 Å². The lowest BCUT2D eigenvalue weighted by Crippen LogP contribution is -2.30. The van der Waals surface area contributed by atoms with E-state index in [-0.39, 0.29) is 0 Å². The fourth-order valence-corrected chi connectivity index (χ4v) is 2.28. The van der Waals surface area contributed by atoms with Gasteiger partial charge in [0.05, 0.1) is 0 Å². The molecule has 0 aromatic rings. The molecule has 0 saturated carbocycles. The van der Waals surface area contributed by atoms with Crippen molar-refractivity contribution in [2.75, 3.05) is 6.54 Å². The molecule has 0 amide bonds. The van der Waals surface area contributed by atoms with Crippen molar-refractivity contribution in [3.8, 4) is 0 Å². The first-order valence-corrected chi connectivity index (χ1v) is 6.83. The van der Waals surface area contributed by atoms with E-state index in [1.54, 1.807) is 0 Å². The molecule has 1 N–H and O–H groups in total. The SMILES string of the molecule is CCCC(C)CCC(CC(C)C)NCC. The highest BCUT2D eigenvalue weighted by atomic mass is 14.9. The minimum Gasteiger partial charge on any atom is -0.314 e. The quantitative estimate of drug-likeness (QED) is 0.604. The molecular formula is C14H31N. The van der Waals surface area contributed by atoms with Gasteiger partial charge in [0.2, 0.25) is 0 Å². The normalized spacial score (nSPS) is 15.6. The van der Waals surface area contributed by atoms with Gasteiger partial charge in [-0.2, -0.15) is 0 Å². The third-order valence-electron chi connectivity index (χ3n) is 3.04. The fraction of sp³-hybridized carbons (Fsp3) is 1.00. The van der Waals surface area contributed by atoms with Crippen molar-refractivity contribution in [1.29, 1.82) is 0 Å². The van der Waals surface area contributed by atoms with E-state index in [4.69, 9.17) is 0 Å². The summed E-state index contributed by atoms with van der Waals surface area (Å²) in [6.07, 6.45) is 6.79. The Hall–Kier alpha value is -0.0400. The van der Waals surface area contributed by atoms with Crippen molar-refractivity contribution in [3.63, 3.8) is 0 Å². The van der Waals surface area contributed by atoms with Gasteiger partial charge < -0.3 is 5.32 Å².